The highest BCUT2D eigenvalue weighted by Crippen LogP contribution is 2.30. The van der Waals surface area contributed by atoms with Crippen molar-refractivity contribution in [2.45, 2.75) is 31.7 Å². The SMILES string of the molecule is CN[C@H]1CCCN(CC2CC2)C1. The monoisotopic (exact) mass is 168 g/mol. The van der Waals surface area contributed by atoms with Gasteiger partial charge in [-0.2, -0.15) is 0 Å². The predicted octanol–water partition coefficient (Wildman–Crippen LogP) is 1.08. The number of hydrogen-bond donors (Lipinski definition) is 1. The lowest BCUT2D eigenvalue weighted by molar-refractivity contribution is 0.188. The number of piperidine rings is 1. The Bertz CT molecular complexity index is 143. The highest BCUT2D eigenvalue weighted by molar-refractivity contribution is 4.82. The van der Waals surface area contributed by atoms with Crippen molar-refractivity contribution in [3.8, 4) is 0 Å². The van der Waals surface area contributed by atoms with Crippen LogP contribution in [0, 0.1) is 5.92 Å². The van der Waals surface area contributed by atoms with Gasteiger partial charge in [0.15, 0.2) is 0 Å². The first-order valence-electron chi connectivity index (χ1n) is 5.28. The van der Waals surface area contributed by atoms with E-state index in [1.165, 1.54) is 45.3 Å². The molecule has 1 saturated carbocycles. The zero-order valence-corrected chi connectivity index (χ0v) is 8.05. The summed E-state index contributed by atoms with van der Waals surface area (Å²) in [7, 11) is 2.09. The summed E-state index contributed by atoms with van der Waals surface area (Å²) in [6.45, 7) is 4.00. The lowest BCUT2D eigenvalue weighted by Crippen LogP contribution is -2.44. The zero-order valence-electron chi connectivity index (χ0n) is 8.05. The fourth-order valence-corrected chi connectivity index (χ4v) is 2.12. The summed E-state index contributed by atoms with van der Waals surface area (Å²) < 4.78 is 0. The Labute approximate surface area is 75.3 Å². The number of likely N-dealkylation sites (tertiary alicyclic amines) is 1. The Kier molecular flexibility index (Phi) is 2.66. The zero-order chi connectivity index (χ0) is 8.39. The van der Waals surface area contributed by atoms with E-state index in [1.54, 1.807) is 0 Å². The van der Waals surface area contributed by atoms with Gasteiger partial charge in [-0.25, -0.2) is 0 Å². The van der Waals surface area contributed by atoms with E-state index in [1.807, 2.05) is 0 Å². The number of hydrogen-bond acceptors (Lipinski definition) is 2. The summed E-state index contributed by atoms with van der Waals surface area (Å²) in [5.74, 6) is 1.06. The van der Waals surface area contributed by atoms with Gasteiger partial charge in [0, 0.05) is 19.1 Å². The third-order valence-corrected chi connectivity index (χ3v) is 3.13. The molecule has 0 bridgehead atoms. The van der Waals surface area contributed by atoms with Gasteiger partial charge >= 0.3 is 0 Å². The van der Waals surface area contributed by atoms with Gasteiger partial charge < -0.3 is 10.2 Å². The van der Waals surface area contributed by atoms with Gasteiger partial charge in [0.1, 0.15) is 0 Å². The van der Waals surface area contributed by atoms with Crippen LogP contribution in [0.4, 0.5) is 0 Å². The molecule has 1 aliphatic heterocycles. The van der Waals surface area contributed by atoms with E-state index in [2.05, 4.69) is 17.3 Å². The van der Waals surface area contributed by atoms with Gasteiger partial charge in [-0.1, -0.05) is 0 Å². The molecule has 1 aliphatic carbocycles. The van der Waals surface area contributed by atoms with E-state index >= 15 is 0 Å². The Morgan fingerprint density at radius 1 is 1.33 bits per heavy atom. The molecule has 0 radical (unpaired) electrons. The molecule has 1 saturated heterocycles. The number of nitrogens with zero attached hydrogens (tertiary/aromatic N) is 1. The summed E-state index contributed by atoms with van der Waals surface area (Å²) in [5, 5.41) is 3.39. The molecule has 1 heterocycles. The molecule has 12 heavy (non-hydrogen) atoms. The number of nitrogens with one attached hydrogen (secondary N) is 1. The van der Waals surface area contributed by atoms with Gasteiger partial charge in [-0.15, -0.1) is 0 Å². The van der Waals surface area contributed by atoms with Gasteiger partial charge in [-0.05, 0) is 45.2 Å². The molecule has 1 N–H and O–H groups in total. The molecular formula is C10H20N2. The van der Waals surface area contributed by atoms with Gasteiger partial charge in [0.25, 0.3) is 0 Å². The summed E-state index contributed by atoms with van der Waals surface area (Å²) in [5.41, 5.74) is 0. The van der Waals surface area contributed by atoms with E-state index in [0.717, 1.165) is 12.0 Å². The molecule has 0 aromatic heterocycles. The Hall–Kier alpha value is -0.0800. The van der Waals surface area contributed by atoms with E-state index < -0.39 is 0 Å². The highest BCUT2D eigenvalue weighted by atomic mass is 15.2. The first-order chi connectivity index (χ1) is 5.88. The minimum Gasteiger partial charge on any atom is -0.316 e. The van der Waals surface area contributed by atoms with Gasteiger partial charge in [0.2, 0.25) is 0 Å². The second-order valence-corrected chi connectivity index (χ2v) is 4.33. The summed E-state index contributed by atoms with van der Waals surface area (Å²) in [4.78, 5) is 2.64. The first kappa shape index (κ1) is 8.52. The van der Waals surface area contributed by atoms with Crippen LogP contribution in [0.2, 0.25) is 0 Å². The van der Waals surface area contributed by atoms with Crippen LogP contribution in [0.5, 0.6) is 0 Å². The third kappa shape index (κ3) is 2.20. The van der Waals surface area contributed by atoms with Crippen molar-refractivity contribution < 1.29 is 0 Å². The standard InChI is InChI=1S/C10H20N2/c1-11-10-3-2-6-12(8-10)7-9-4-5-9/h9-11H,2-8H2,1H3/t10-/m0/s1. The fourth-order valence-electron chi connectivity index (χ4n) is 2.12. The van der Waals surface area contributed by atoms with Crippen molar-refractivity contribution in [3.05, 3.63) is 0 Å². The van der Waals surface area contributed by atoms with Crippen LogP contribution < -0.4 is 5.32 Å². The van der Waals surface area contributed by atoms with Crippen molar-refractivity contribution >= 4 is 0 Å². The van der Waals surface area contributed by atoms with Crippen molar-refractivity contribution in [2.75, 3.05) is 26.7 Å². The molecule has 0 unspecified atom stereocenters. The van der Waals surface area contributed by atoms with Crippen LogP contribution >= 0.6 is 0 Å². The minimum absolute atomic E-state index is 0.762. The second kappa shape index (κ2) is 3.75. The Balaban J connectivity index is 1.73. The quantitative estimate of drug-likeness (QED) is 0.678. The maximum absolute atomic E-state index is 3.39. The van der Waals surface area contributed by atoms with Gasteiger partial charge in [0.05, 0.1) is 0 Å². The Morgan fingerprint density at radius 2 is 2.17 bits per heavy atom. The van der Waals surface area contributed by atoms with Crippen LogP contribution in [0.3, 0.4) is 0 Å². The second-order valence-electron chi connectivity index (χ2n) is 4.33. The fraction of sp³-hybridized carbons (Fsp3) is 1.00. The third-order valence-electron chi connectivity index (χ3n) is 3.13. The topological polar surface area (TPSA) is 15.3 Å². The minimum atomic E-state index is 0.762. The maximum atomic E-state index is 3.39. The predicted molar refractivity (Wildman–Crippen MR) is 51.2 cm³/mol. The molecule has 2 fully saturated rings. The normalized spacial score (nSPS) is 32.2. The lowest BCUT2D eigenvalue weighted by atomic mass is 10.1. The Morgan fingerprint density at radius 3 is 2.83 bits per heavy atom. The molecule has 0 spiro atoms. The number of rotatable bonds is 3. The average molecular weight is 168 g/mol. The largest absolute Gasteiger partial charge is 0.316 e. The van der Waals surface area contributed by atoms with Crippen molar-refractivity contribution in [2.24, 2.45) is 5.92 Å². The maximum Gasteiger partial charge on any atom is 0.0192 e. The summed E-state index contributed by atoms with van der Waals surface area (Å²) in [6.07, 6.45) is 5.73. The van der Waals surface area contributed by atoms with E-state index in [9.17, 15) is 0 Å². The molecule has 0 aromatic carbocycles. The smallest absolute Gasteiger partial charge is 0.0192 e. The molecule has 2 rings (SSSR count). The molecule has 70 valence electrons. The molecule has 2 heteroatoms. The molecular weight excluding hydrogens is 148 g/mol. The molecule has 0 amide bonds. The van der Waals surface area contributed by atoms with E-state index in [-0.39, 0.29) is 0 Å². The van der Waals surface area contributed by atoms with Crippen LogP contribution in [0.25, 0.3) is 0 Å². The summed E-state index contributed by atoms with van der Waals surface area (Å²) >= 11 is 0. The molecule has 2 aliphatic rings. The van der Waals surface area contributed by atoms with Crippen molar-refractivity contribution in [1.29, 1.82) is 0 Å². The van der Waals surface area contributed by atoms with E-state index in [0.29, 0.717) is 0 Å². The van der Waals surface area contributed by atoms with Crippen LogP contribution in [0.15, 0.2) is 0 Å². The molecule has 1 atom stereocenters. The average Bonchev–Trinajstić information content (AvgIpc) is 2.89. The number of likely N-dealkylation sites (N-methyl/N-ethyl adjacent to an activating group) is 1. The van der Waals surface area contributed by atoms with Crippen molar-refractivity contribution in [3.63, 3.8) is 0 Å². The molecule has 0 aromatic rings. The van der Waals surface area contributed by atoms with Crippen molar-refractivity contribution in [1.82, 2.24) is 10.2 Å². The van der Waals surface area contributed by atoms with Crippen LogP contribution in [-0.4, -0.2) is 37.6 Å². The highest BCUT2D eigenvalue weighted by Gasteiger charge is 2.26. The molecule has 2 nitrogen and oxygen atoms in total. The van der Waals surface area contributed by atoms with Crippen LogP contribution in [0.1, 0.15) is 25.7 Å². The van der Waals surface area contributed by atoms with Gasteiger partial charge in [-0.3, -0.25) is 0 Å². The first-order valence-corrected chi connectivity index (χ1v) is 5.28. The van der Waals surface area contributed by atoms with E-state index in [4.69, 9.17) is 0 Å². The van der Waals surface area contributed by atoms with Crippen LogP contribution in [-0.2, 0) is 0 Å². The summed E-state index contributed by atoms with van der Waals surface area (Å²) in [6, 6.07) is 0.762. The lowest BCUT2D eigenvalue weighted by Gasteiger charge is -2.32.